The zero-order chi connectivity index (χ0) is 22.7. The summed E-state index contributed by atoms with van der Waals surface area (Å²) < 4.78 is 16.7. The Morgan fingerprint density at radius 1 is 1.27 bits per heavy atom. The zero-order valence-corrected chi connectivity index (χ0v) is 18.8. The third-order valence-electron chi connectivity index (χ3n) is 6.62. The van der Waals surface area contributed by atoms with Gasteiger partial charge in [0.15, 0.2) is 0 Å². The van der Waals surface area contributed by atoms with Gasteiger partial charge in [0.25, 0.3) is 0 Å². The molecular weight excluding hydrogens is 388 g/mol. The third kappa shape index (κ3) is 5.71. The first kappa shape index (κ1) is 24.6. The van der Waals surface area contributed by atoms with E-state index in [9.17, 15) is 19.8 Å². The number of hydrogen-bond acceptors (Lipinski definition) is 7. The highest BCUT2D eigenvalue weighted by Gasteiger charge is 2.49. The summed E-state index contributed by atoms with van der Waals surface area (Å²) in [5.41, 5.74) is -0.872. The van der Waals surface area contributed by atoms with Crippen molar-refractivity contribution in [2.24, 2.45) is 5.92 Å². The van der Waals surface area contributed by atoms with E-state index in [1.165, 1.54) is 14.0 Å². The summed E-state index contributed by atoms with van der Waals surface area (Å²) in [6.07, 6.45) is 2.86. The Morgan fingerprint density at radius 3 is 2.53 bits per heavy atom. The van der Waals surface area contributed by atoms with Crippen LogP contribution >= 0.6 is 0 Å². The maximum absolute atomic E-state index is 12.1. The standard InChI is InChI=1S/C23H36O7/c1-14-7-8-20(29-16(3)24)23(5)12-10-19(30-23)22(4,27)11-9-17(13-18(14)25)15(2)21(26)28-6/h7,17-20,25,27H,2,8-13H2,1,3-6H3/b14-7-/t17-,18-,19+,20+,22-,23-/m1/s1. The summed E-state index contributed by atoms with van der Waals surface area (Å²) in [6.45, 7) is 10.7. The van der Waals surface area contributed by atoms with Gasteiger partial charge in [0.2, 0.25) is 0 Å². The fourth-order valence-corrected chi connectivity index (χ4v) is 4.40. The molecule has 0 aliphatic carbocycles. The summed E-state index contributed by atoms with van der Waals surface area (Å²) in [6, 6.07) is 0. The van der Waals surface area contributed by atoms with E-state index in [4.69, 9.17) is 14.2 Å². The Kier molecular flexibility index (Phi) is 7.88. The highest BCUT2D eigenvalue weighted by atomic mass is 16.6. The van der Waals surface area contributed by atoms with Crippen molar-refractivity contribution in [1.29, 1.82) is 0 Å². The van der Waals surface area contributed by atoms with Gasteiger partial charge in [0, 0.05) is 18.9 Å². The molecule has 1 fully saturated rings. The molecule has 170 valence electrons. The van der Waals surface area contributed by atoms with Crippen LogP contribution in [0.4, 0.5) is 0 Å². The fourth-order valence-electron chi connectivity index (χ4n) is 4.40. The first-order chi connectivity index (χ1) is 13.9. The van der Waals surface area contributed by atoms with E-state index in [0.717, 1.165) is 5.57 Å². The molecule has 2 aliphatic rings. The summed E-state index contributed by atoms with van der Waals surface area (Å²) >= 11 is 0. The highest BCUT2D eigenvalue weighted by molar-refractivity contribution is 5.88. The van der Waals surface area contributed by atoms with Crippen molar-refractivity contribution in [3.63, 3.8) is 0 Å². The molecule has 0 unspecified atom stereocenters. The van der Waals surface area contributed by atoms with Gasteiger partial charge in [-0.3, -0.25) is 4.79 Å². The SMILES string of the molecule is C=C(C(=O)OC)[C@@H]1CC[C@@](C)(O)[C@@H]2CC[C@@](C)(O2)[C@@H](OC(C)=O)C/C=C(/C)[C@H](O)C1. The van der Waals surface area contributed by atoms with E-state index in [1.807, 2.05) is 19.9 Å². The Balaban J connectivity index is 2.38. The maximum Gasteiger partial charge on any atom is 0.333 e. The first-order valence-electron chi connectivity index (χ1n) is 10.6. The van der Waals surface area contributed by atoms with E-state index in [-0.39, 0.29) is 17.9 Å². The van der Waals surface area contributed by atoms with Gasteiger partial charge in [-0.1, -0.05) is 12.7 Å². The zero-order valence-electron chi connectivity index (χ0n) is 18.8. The normalized spacial score (nSPS) is 39.5. The van der Waals surface area contributed by atoms with Crippen LogP contribution in [0.5, 0.6) is 0 Å². The molecule has 2 N–H and O–H groups in total. The van der Waals surface area contributed by atoms with Crippen molar-refractivity contribution in [3.05, 3.63) is 23.8 Å². The van der Waals surface area contributed by atoms with Crippen LogP contribution < -0.4 is 0 Å². The van der Waals surface area contributed by atoms with Crippen LogP contribution in [0.2, 0.25) is 0 Å². The van der Waals surface area contributed by atoms with E-state index < -0.39 is 41.5 Å². The molecule has 7 heteroatoms. The molecule has 2 heterocycles. The highest BCUT2D eigenvalue weighted by Crippen LogP contribution is 2.42. The molecule has 0 spiro atoms. The number of carbonyl (C=O) groups is 2. The van der Waals surface area contributed by atoms with Crippen LogP contribution in [0.15, 0.2) is 23.8 Å². The number of esters is 2. The Hall–Kier alpha value is -1.70. The number of hydrogen-bond donors (Lipinski definition) is 2. The van der Waals surface area contributed by atoms with Crippen LogP contribution in [0, 0.1) is 5.92 Å². The molecule has 2 rings (SSSR count). The molecule has 7 nitrogen and oxygen atoms in total. The summed E-state index contributed by atoms with van der Waals surface area (Å²) in [5, 5.41) is 21.9. The minimum Gasteiger partial charge on any atom is -0.466 e. The lowest BCUT2D eigenvalue weighted by Crippen LogP contribution is -2.46. The Morgan fingerprint density at radius 2 is 1.93 bits per heavy atom. The molecule has 6 atom stereocenters. The molecule has 2 bridgehead atoms. The van der Waals surface area contributed by atoms with Crippen LogP contribution in [0.25, 0.3) is 0 Å². The second kappa shape index (κ2) is 9.62. The van der Waals surface area contributed by atoms with Crippen molar-refractivity contribution < 1.29 is 34.0 Å². The number of methoxy groups -OCH3 is 1. The van der Waals surface area contributed by atoms with E-state index in [1.54, 1.807) is 6.92 Å². The van der Waals surface area contributed by atoms with Crippen molar-refractivity contribution in [3.8, 4) is 0 Å². The number of carbonyl (C=O) groups excluding carboxylic acids is 2. The van der Waals surface area contributed by atoms with Gasteiger partial charge in [0.05, 0.1) is 24.9 Å². The second-order valence-electron chi connectivity index (χ2n) is 9.10. The molecule has 0 aromatic rings. The number of aliphatic hydroxyl groups is 2. The molecular formula is C23H36O7. The van der Waals surface area contributed by atoms with Crippen molar-refractivity contribution in [2.75, 3.05) is 7.11 Å². The first-order valence-corrected chi connectivity index (χ1v) is 10.6. The largest absolute Gasteiger partial charge is 0.466 e. The Bertz CT molecular complexity index is 696. The number of fused-ring (bicyclic) bond motifs is 2. The van der Waals surface area contributed by atoms with Gasteiger partial charge in [-0.05, 0) is 64.4 Å². The monoisotopic (exact) mass is 424 g/mol. The molecule has 1 saturated heterocycles. The average Bonchev–Trinajstić information content (AvgIpc) is 3.10. The van der Waals surface area contributed by atoms with E-state index >= 15 is 0 Å². The fraction of sp³-hybridized carbons (Fsp3) is 0.739. The smallest absolute Gasteiger partial charge is 0.333 e. The quantitative estimate of drug-likeness (QED) is 0.408. The molecule has 0 saturated carbocycles. The van der Waals surface area contributed by atoms with Crippen molar-refractivity contribution in [1.82, 2.24) is 0 Å². The second-order valence-corrected chi connectivity index (χ2v) is 9.10. The number of rotatable bonds is 3. The van der Waals surface area contributed by atoms with Gasteiger partial charge >= 0.3 is 11.9 Å². The summed E-state index contributed by atoms with van der Waals surface area (Å²) in [5.74, 6) is -1.26. The predicted octanol–water partition coefficient (Wildman–Crippen LogP) is 2.83. The summed E-state index contributed by atoms with van der Waals surface area (Å²) in [4.78, 5) is 23.7. The summed E-state index contributed by atoms with van der Waals surface area (Å²) in [7, 11) is 1.30. The van der Waals surface area contributed by atoms with E-state index in [2.05, 4.69) is 6.58 Å². The molecule has 0 amide bonds. The molecule has 0 radical (unpaired) electrons. The number of ether oxygens (including phenoxy) is 3. The predicted molar refractivity (Wildman–Crippen MR) is 112 cm³/mol. The van der Waals surface area contributed by atoms with Crippen molar-refractivity contribution in [2.45, 2.75) is 95.7 Å². The van der Waals surface area contributed by atoms with Gasteiger partial charge in [-0.15, -0.1) is 0 Å². The lowest BCUT2D eigenvalue weighted by molar-refractivity contribution is -0.182. The lowest BCUT2D eigenvalue weighted by atomic mass is 9.81. The lowest BCUT2D eigenvalue weighted by Gasteiger charge is -2.36. The van der Waals surface area contributed by atoms with Crippen LogP contribution in [0.1, 0.15) is 66.2 Å². The number of aliphatic hydroxyl groups excluding tert-OH is 1. The minimum atomic E-state index is -1.14. The average molecular weight is 425 g/mol. The van der Waals surface area contributed by atoms with Gasteiger partial charge in [-0.25, -0.2) is 4.79 Å². The van der Waals surface area contributed by atoms with Crippen LogP contribution in [-0.4, -0.2) is 58.8 Å². The Labute approximate surface area is 179 Å². The topological polar surface area (TPSA) is 102 Å². The van der Waals surface area contributed by atoms with Gasteiger partial charge in [0.1, 0.15) is 11.7 Å². The maximum atomic E-state index is 12.1. The minimum absolute atomic E-state index is 0.282. The van der Waals surface area contributed by atoms with Crippen LogP contribution in [-0.2, 0) is 23.8 Å². The molecule has 0 aromatic carbocycles. The van der Waals surface area contributed by atoms with Gasteiger partial charge < -0.3 is 24.4 Å². The molecule has 2 aliphatic heterocycles. The van der Waals surface area contributed by atoms with Crippen molar-refractivity contribution >= 4 is 11.9 Å². The third-order valence-corrected chi connectivity index (χ3v) is 6.62. The van der Waals surface area contributed by atoms with E-state index in [0.29, 0.717) is 32.1 Å². The van der Waals surface area contributed by atoms with Crippen LogP contribution in [0.3, 0.4) is 0 Å². The molecule has 30 heavy (non-hydrogen) atoms. The molecule has 0 aromatic heterocycles. The van der Waals surface area contributed by atoms with Gasteiger partial charge in [-0.2, -0.15) is 0 Å².